The van der Waals surface area contributed by atoms with E-state index < -0.39 is 34.1 Å². The van der Waals surface area contributed by atoms with Crippen molar-refractivity contribution in [3.05, 3.63) is 23.8 Å². The summed E-state index contributed by atoms with van der Waals surface area (Å²) in [4.78, 5) is 22.7. The van der Waals surface area contributed by atoms with Crippen molar-refractivity contribution in [2.24, 2.45) is 5.14 Å². The van der Waals surface area contributed by atoms with Gasteiger partial charge in [-0.2, -0.15) is 0 Å². The van der Waals surface area contributed by atoms with E-state index in [9.17, 15) is 18.0 Å². The van der Waals surface area contributed by atoms with E-state index in [1.807, 2.05) is 0 Å². The third-order valence-electron chi connectivity index (χ3n) is 3.35. The van der Waals surface area contributed by atoms with Crippen molar-refractivity contribution in [1.29, 1.82) is 0 Å². The van der Waals surface area contributed by atoms with Crippen LogP contribution in [-0.4, -0.2) is 37.6 Å². The Morgan fingerprint density at radius 3 is 2.50 bits per heavy atom. The molecule has 1 fully saturated rings. The molecule has 0 spiro atoms. The molecule has 22 heavy (non-hydrogen) atoms. The van der Waals surface area contributed by atoms with Gasteiger partial charge < -0.3 is 15.2 Å². The highest BCUT2D eigenvalue weighted by Gasteiger charge is 2.34. The smallest absolute Gasteiger partial charge is 0.332 e. The first kappa shape index (κ1) is 16.4. The summed E-state index contributed by atoms with van der Waals surface area (Å²) in [6.07, 6.45) is -1.32. The second-order valence-corrected chi connectivity index (χ2v) is 6.57. The first-order valence-electron chi connectivity index (χ1n) is 6.51. The molecule has 1 aromatic rings. The third-order valence-corrected chi connectivity index (χ3v) is 4.40. The molecule has 1 aromatic carbocycles. The molecule has 2 rings (SSSR count). The highest BCUT2D eigenvalue weighted by Crippen LogP contribution is 2.23. The van der Waals surface area contributed by atoms with Crippen LogP contribution < -0.4 is 10.5 Å². The number of aryl methyl sites for hydroxylation is 1. The highest BCUT2D eigenvalue weighted by molar-refractivity contribution is 7.89. The van der Waals surface area contributed by atoms with Gasteiger partial charge in [-0.3, -0.25) is 4.79 Å². The summed E-state index contributed by atoms with van der Waals surface area (Å²) in [5, 5.41) is 16.4. The Hall–Kier alpha value is -1.97. The van der Waals surface area contributed by atoms with Gasteiger partial charge in [0.2, 0.25) is 10.0 Å². The molecule has 9 heteroatoms. The quantitative estimate of drug-likeness (QED) is 0.723. The number of carbonyl (C=O) groups is 2. The Morgan fingerprint density at radius 2 is 1.95 bits per heavy atom. The molecule has 1 saturated heterocycles. The lowest BCUT2D eigenvalue weighted by Crippen LogP contribution is -2.30. The van der Waals surface area contributed by atoms with Gasteiger partial charge in [-0.15, -0.1) is 0 Å². The van der Waals surface area contributed by atoms with Crippen LogP contribution in [0.1, 0.15) is 18.4 Å². The predicted octanol–water partition coefficient (Wildman–Crippen LogP) is 0.213. The Morgan fingerprint density at radius 1 is 1.32 bits per heavy atom. The fraction of sp³-hybridized carbons (Fsp3) is 0.385. The number of carbonyl (C=O) groups excluding carboxylic acids is 1. The molecule has 0 aromatic heterocycles. The molecule has 0 saturated carbocycles. The molecular weight excluding hydrogens is 312 g/mol. The SMILES string of the molecule is Cc1ccc(NC(=O)[C@@H]2CC[C@H](C(=O)O)O2)cc1S(N)(=O)=O. The van der Waals surface area contributed by atoms with E-state index >= 15 is 0 Å². The molecule has 0 bridgehead atoms. The summed E-state index contributed by atoms with van der Waals surface area (Å²) in [5.74, 6) is -1.63. The zero-order chi connectivity index (χ0) is 16.5. The number of carboxylic acids is 1. The molecule has 1 amide bonds. The maximum atomic E-state index is 12.0. The van der Waals surface area contributed by atoms with E-state index in [1.54, 1.807) is 6.92 Å². The average Bonchev–Trinajstić information content (AvgIpc) is 2.89. The van der Waals surface area contributed by atoms with Crippen LogP contribution in [0.15, 0.2) is 23.1 Å². The molecule has 2 atom stereocenters. The van der Waals surface area contributed by atoms with Gasteiger partial charge in [0, 0.05) is 5.69 Å². The second kappa shape index (κ2) is 6.03. The number of aliphatic carboxylic acids is 1. The molecule has 1 heterocycles. The van der Waals surface area contributed by atoms with Crippen molar-refractivity contribution in [3.63, 3.8) is 0 Å². The number of nitrogens with one attached hydrogen (secondary N) is 1. The standard InChI is InChI=1S/C13H16N2O6S/c1-7-2-3-8(6-11(7)22(14,19)20)15-12(16)9-4-5-10(21-9)13(17)18/h2-3,6,9-10H,4-5H2,1H3,(H,15,16)(H,17,18)(H2,14,19,20)/t9-,10+/m0/s1. The Bertz CT molecular complexity index is 715. The number of amides is 1. The van der Waals surface area contributed by atoms with Gasteiger partial charge in [-0.1, -0.05) is 6.07 Å². The van der Waals surface area contributed by atoms with Crippen LogP contribution in [-0.2, 0) is 24.3 Å². The number of rotatable bonds is 4. The molecular formula is C13H16N2O6S. The Balaban J connectivity index is 2.12. The van der Waals surface area contributed by atoms with E-state index in [0.29, 0.717) is 5.56 Å². The van der Waals surface area contributed by atoms with Crippen LogP contribution in [0.25, 0.3) is 0 Å². The van der Waals surface area contributed by atoms with E-state index in [0.717, 1.165) is 0 Å². The van der Waals surface area contributed by atoms with Crippen LogP contribution in [0.4, 0.5) is 5.69 Å². The highest BCUT2D eigenvalue weighted by atomic mass is 32.2. The van der Waals surface area contributed by atoms with Crippen molar-refractivity contribution in [1.82, 2.24) is 0 Å². The van der Waals surface area contributed by atoms with Crippen molar-refractivity contribution in [3.8, 4) is 0 Å². The summed E-state index contributed by atoms with van der Waals surface area (Å²) in [6, 6.07) is 4.31. The van der Waals surface area contributed by atoms with Crippen LogP contribution in [0.5, 0.6) is 0 Å². The molecule has 120 valence electrons. The fourth-order valence-corrected chi connectivity index (χ4v) is 3.03. The lowest BCUT2D eigenvalue weighted by molar-refractivity contribution is -0.150. The summed E-state index contributed by atoms with van der Waals surface area (Å²) in [6.45, 7) is 1.59. The maximum Gasteiger partial charge on any atom is 0.332 e. The molecule has 0 radical (unpaired) electrons. The van der Waals surface area contributed by atoms with Gasteiger partial charge in [0.1, 0.15) is 6.10 Å². The number of carboxylic acid groups (broad SMARTS) is 1. The van der Waals surface area contributed by atoms with Gasteiger partial charge in [0.15, 0.2) is 6.10 Å². The number of anilines is 1. The second-order valence-electron chi connectivity index (χ2n) is 5.04. The van der Waals surface area contributed by atoms with E-state index in [-0.39, 0.29) is 23.4 Å². The van der Waals surface area contributed by atoms with Gasteiger partial charge in [0.25, 0.3) is 5.91 Å². The largest absolute Gasteiger partial charge is 0.479 e. The van der Waals surface area contributed by atoms with Crippen molar-refractivity contribution >= 4 is 27.6 Å². The third kappa shape index (κ3) is 3.62. The van der Waals surface area contributed by atoms with Crippen LogP contribution in [0, 0.1) is 6.92 Å². The van der Waals surface area contributed by atoms with Crippen molar-refractivity contribution in [2.45, 2.75) is 36.9 Å². The lowest BCUT2D eigenvalue weighted by atomic mass is 10.2. The zero-order valence-electron chi connectivity index (χ0n) is 11.8. The molecule has 4 N–H and O–H groups in total. The van der Waals surface area contributed by atoms with Gasteiger partial charge in [-0.25, -0.2) is 18.4 Å². The fourth-order valence-electron chi connectivity index (χ4n) is 2.22. The molecule has 1 aliphatic heterocycles. The van der Waals surface area contributed by atoms with E-state index in [1.165, 1.54) is 18.2 Å². The molecule has 0 aliphatic carbocycles. The number of ether oxygens (including phenoxy) is 1. The normalized spacial score (nSPS) is 21.5. The average molecular weight is 328 g/mol. The van der Waals surface area contributed by atoms with Gasteiger partial charge in [-0.05, 0) is 37.5 Å². The monoisotopic (exact) mass is 328 g/mol. The number of benzene rings is 1. The summed E-state index contributed by atoms with van der Waals surface area (Å²) < 4.78 is 28.0. The first-order chi connectivity index (χ1) is 10.2. The lowest BCUT2D eigenvalue weighted by Gasteiger charge is -2.13. The minimum Gasteiger partial charge on any atom is -0.479 e. The topological polar surface area (TPSA) is 136 Å². The first-order valence-corrected chi connectivity index (χ1v) is 8.05. The minimum atomic E-state index is -3.89. The molecule has 1 aliphatic rings. The number of nitrogens with two attached hydrogens (primary N) is 1. The zero-order valence-corrected chi connectivity index (χ0v) is 12.6. The minimum absolute atomic E-state index is 0.0824. The summed E-state index contributed by atoms with van der Waals surface area (Å²) in [7, 11) is -3.89. The Kier molecular flexibility index (Phi) is 4.50. The van der Waals surface area contributed by atoms with Gasteiger partial charge >= 0.3 is 5.97 Å². The Labute approximate surface area is 127 Å². The summed E-state index contributed by atoms with van der Waals surface area (Å²) in [5.41, 5.74) is 0.713. The summed E-state index contributed by atoms with van der Waals surface area (Å²) >= 11 is 0. The van der Waals surface area contributed by atoms with Crippen LogP contribution in [0.2, 0.25) is 0 Å². The number of sulfonamides is 1. The maximum absolute atomic E-state index is 12.0. The van der Waals surface area contributed by atoms with E-state index in [4.69, 9.17) is 15.0 Å². The van der Waals surface area contributed by atoms with Crippen LogP contribution in [0.3, 0.4) is 0 Å². The number of hydrogen-bond acceptors (Lipinski definition) is 5. The van der Waals surface area contributed by atoms with Crippen molar-refractivity contribution < 1.29 is 27.9 Å². The number of hydrogen-bond donors (Lipinski definition) is 3. The predicted molar refractivity (Wildman–Crippen MR) is 76.7 cm³/mol. The number of primary sulfonamides is 1. The van der Waals surface area contributed by atoms with E-state index in [2.05, 4.69) is 5.32 Å². The molecule has 0 unspecified atom stereocenters. The van der Waals surface area contributed by atoms with Crippen LogP contribution >= 0.6 is 0 Å². The van der Waals surface area contributed by atoms with Gasteiger partial charge in [0.05, 0.1) is 4.90 Å². The van der Waals surface area contributed by atoms with Crippen molar-refractivity contribution in [2.75, 3.05) is 5.32 Å². The molecule has 8 nitrogen and oxygen atoms in total.